The number of ether oxygens (including phenoxy) is 2. The maximum Gasteiger partial charge on any atom is 0.472 e. The van der Waals surface area contributed by atoms with Gasteiger partial charge in [-0.1, -0.05) is 141 Å². The van der Waals surface area contributed by atoms with Crippen LogP contribution in [0.25, 0.3) is 0 Å². The fourth-order valence-corrected chi connectivity index (χ4v) is 10.4. The number of phosphoric ester groups is 1. The molecule has 0 fully saturated rings. The molecule has 8 N–H and O–H groups in total. The number of nitrogens with zero attached hydrogens (tertiary/aromatic N) is 2. The molecule has 0 saturated heterocycles. The second-order valence-corrected chi connectivity index (χ2v) is 25.4. The Hall–Kier alpha value is -6.21. The molecule has 27 heteroatoms. The summed E-state index contributed by atoms with van der Waals surface area (Å²) in [5.74, 6) is -8.72. The Balaban J connectivity index is 4.83. The standard InChI is InChI=1S/C68H117N6O20P/c1-3-5-7-9-11-13-15-17-19-21-23-25-27-29-31-39-67(87)91-54-59(94-68(88)40-32-30-28-26-24-22-20-18-16-14-12-10-8-6-4-2)55-93-95(89,90)92-47-46-71-60(78)38-34-33-36-56(75)41-43-61(79)72-49-64(82)74(53-66(85)86)51-62(80)70-45-35-37-58(77)50-73(52-65(83)84)63(81)44-42-57(76)48-69/h17-20,59H,3-16,21-55,69H2,1-2H3,(H,70,80)(H,71,78)(H,72,79)(H,83,84)(H,85,86)(H,89,90)/b19-17+,20-18+. The molecule has 95 heavy (non-hydrogen) atoms. The summed E-state index contributed by atoms with van der Waals surface area (Å²) in [7, 11) is -4.74. The fourth-order valence-electron chi connectivity index (χ4n) is 9.65. The summed E-state index contributed by atoms with van der Waals surface area (Å²) in [6, 6.07) is 0. The molecule has 26 nitrogen and oxygen atoms in total. The smallest absolute Gasteiger partial charge is 0.472 e. The molecule has 0 bridgehead atoms. The zero-order chi connectivity index (χ0) is 70.6. The van der Waals surface area contributed by atoms with Crippen LogP contribution in [0.2, 0.25) is 0 Å². The molecule has 0 radical (unpaired) electrons. The van der Waals surface area contributed by atoms with Crippen molar-refractivity contribution in [1.29, 1.82) is 0 Å². The van der Waals surface area contributed by atoms with Crippen LogP contribution in [0, 0.1) is 0 Å². The normalized spacial score (nSPS) is 12.2. The lowest BCUT2D eigenvalue weighted by Crippen LogP contribution is -2.47. The molecule has 0 aromatic rings. The quantitative estimate of drug-likeness (QED) is 0.0129. The van der Waals surface area contributed by atoms with Crippen molar-refractivity contribution in [2.24, 2.45) is 5.73 Å². The lowest BCUT2D eigenvalue weighted by atomic mass is 10.1. The van der Waals surface area contributed by atoms with Crippen LogP contribution in [0.1, 0.15) is 258 Å². The van der Waals surface area contributed by atoms with Crippen LogP contribution in [0.4, 0.5) is 0 Å². The first-order valence-electron chi connectivity index (χ1n) is 34.9. The molecular formula is C68H117N6O20P. The Bertz CT molecular complexity index is 2340. The van der Waals surface area contributed by atoms with E-state index in [1.165, 1.54) is 77.0 Å². The first-order chi connectivity index (χ1) is 45.6. The number of carbonyl (C=O) groups is 12. The van der Waals surface area contributed by atoms with Crippen LogP contribution in [0.3, 0.4) is 0 Å². The highest BCUT2D eigenvalue weighted by Crippen LogP contribution is 2.43. The maximum absolute atomic E-state index is 12.9. The topological polar surface area (TPSA) is 388 Å². The number of esters is 2. The molecule has 5 amide bonds. The number of carboxylic acids is 2. The average Bonchev–Trinajstić information content (AvgIpc) is 2.08. The van der Waals surface area contributed by atoms with Gasteiger partial charge in [-0.2, -0.15) is 0 Å². The van der Waals surface area contributed by atoms with Gasteiger partial charge in [0.05, 0.1) is 32.8 Å². The SMILES string of the molecule is CCCCCCCC/C=C/CCCCCCCC(=O)OCC(COP(=O)(O)OCCNC(=O)CCCCC(=O)CCC(=O)NCC(=O)N(CC(=O)O)CC(=O)NCCCC(=O)CN(CC(=O)O)C(=O)CCC(=O)CN)OC(=O)CCCCCCC/C=C/CCCCCCCC. The molecule has 0 aromatic carbocycles. The number of nitrogens with two attached hydrogens (primary N) is 1. The van der Waals surface area contributed by atoms with Gasteiger partial charge in [0.2, 0.25) is 29.5 Å². The summed E-state index contributed by atoms with van der Waals surface area (Å²) in [4.78, 5) is 159. The first-order valence-corrected chi connectivity index (χ1v) is 36.4. The number of ketones is 3. The number of unbranched alkanes of at least 4 members (excludes halogenated alkanes) is 23. The van der Waals surface area contributed by atoms with E-state index in [0.29, 0.717) is 17.7 Å². The van der Waals surface area contributed by atoms with Gasteiger partial charge < -0.3 is 56.1 Å². The molecular weight excluding hydrogens is 1250 g/mol. The number of hydrogen-bond donors (Lipinski definition) is 7. The predicted octanol–water partition coefficient (Wildman–Crippen LogP) is 9.39. The molecule has 2 atom stereocenters. The van der Waals surface area contributed by atoms with E-state index in [9.17, 15) is 72.1 Å². The molecule has 0 spiro atoms. The van der Waals surface area contributed by atoms with Gasteiger partial charge in [0.25, 0.3) is 0 Å². The Morgan fingerprint density at radius 3 is 1.42 bits per heavy atom. The third-order valence-corrected chi connectivity index (χ3v) is 16.1. The predicted molar refractivity (Wildman–Crippen MR) is 359 cm³/mol. The third-order valence-electron chi connectivity index (χ3n) is 15.2. The monoisotopic (exact) mass is 1370 g/mol. The molecule has 0 aromatic heterocycles. The fraction of sp³-hybridized carbons (Fsp3) is 0.765. The Kier molecular flexibility index (Phi) is 56.3. The highest BCUT2D eigenvalue weighted by atomic mass is 31.2. The number of phosphoric acid groups is 1. The van der Waals surface area contributed by atoms with Crippen LogP contribution < -0.4 is 21.7 Å². The molecule has 0 saturated carbocycles. The van der Waals surface area contributed by atoms with Crippen molar-refractivity contribution in [3.8, 4) is 0 Å². The van der Waals surface area contributed by atoms with Crippen molar-refractivity contribution < 1.29 is 95.7 Å². The van der Waals surface area contributed by atoms with Crippen molar-refractivity contribution in [2.45, 2.75) is 264 Å². The van der Waals surface area contributed by atoms with Crippen molar-refractivity contribution >= 4 is 78.6 Å². The molecule has 0 aliphatic carbocycles. The van der Waals surface area contributed by atoms with Gasteiger partial charge >= 0.3 is 31.7 Å². The Morgan fingerprint density at radius 1 is 0.432 bits per heavy atom. The molecule has 0 rings (SSSR count). The maximum atomic E-state index is 12.9. The number of amides is 5. The van der Waals surface area contributed by atoms with Crippen molar-refractivity contribution in [3.05, 3.63) is 24.3 Å². The van der Waals surface area contributed by atoms with Crippen LogP contribution >= 0.6 is 7.82 Å². The Morgan fingerprint density at radius 2 is 0.884 bits per heavy atom. The first kappa shape index (κ1) is 88.8. The van der Waals surface area contributed by atoms with E-state index >= 15 is 0 Å². The summed E-state index contributed by atoms with van der Waals surface area (Å²) >= 11 is 0. The summed E-state index contributed by atoms with van der Waals surface area (Å²) in [5, 5.41) is 25.7. The molecule has 0 heterocycles. The van der Waals surface area contributed by atoms with E-state index in [-0.39, 0.29) is 109 Å². The number of Topliss-reactive ketones (excluding diaryl/α,β-unsaturated/α-hetero) is 3. The van der Waals surface area contributed by atoms with E-state index in [4.69, 9.17) is 29.4 Å². The van der Waals surface area contributed by atoms with E-state index in [0.717, 1.165) is 81.9 Å². The highest BCUT2D eigenvalue weighted by molar-refractivity contribution is 7.47. The summed E-state index contributed by atoms with van der Waals surface area (Å²) in [5.41, 5.74) is 5.23. The summed E-state index contributed by atoms with van der Waals surface area (Å²) in [6.45, 7) is -1.18. The number of carbonyl (C=O) groups excluding carboxylic acids is 10. The minimum absolute atomic E-state index is 0.00594. The summed E-state index contributed by atoms with van der Waals surface area (Å²) < 4.78 is 34.0. The molecule has 2 unspecified atom stereocenters. The van der Waals surface area contributed by atoms with Crippen LogP contribution in [0.5, 0.6) is 0 Å². The lowest BCUT2D eigenvalue weighted by molar-refractivity contribution is -0.161. The van der Waals surface area contributed by atoms with E-state index in [1.54, 1.807) is 0 Å². The number of nitrogens with one attached hydrogen (secondary N) is 3. The summed E-state index contributed by atoms with van der Waals surface area (Å²) in [6.07, 6.45) is 36.4. The second-order valence-electron chi connectivity index (χ2n) is 24.0. The number of aliphatic carboxylic acids is 2. The van der Waals surface area contributed by atoms with Gasteiger partial charge in [-0.3, -0.25) is 66.6 Å². The van der Waals surface area contributed by atoms with Gasteiger partial charge in [-0.05, 0) is 83.5 Å². The van der Waals surface area contributed by atoms with Gasteiger partial charge in [-0.25, -0.2) is 4.57 Å². The zero-order valence-electron chi connectivity index (χ0n) is 57.2. The number of rotatable bonds is 66. The van der Waals surface area contributed by atoms with Crippen LogP contribution in [-0.4, -0.2) is 174 Å². The second kappa shape index (κ2) is 60.2. The number of carboxylic acid groups (broad SMARTS) is 2. The number of hydrogen-bond acceptors (Lipinski definition) is 18. The van der Waals surface area contributed by atoms with Crippen LogP contribution in [-0.2, 0) is 80.6 Å². The van der Waals surface area contributed by atoms with E-state index in [1.807, 2.05) is 0 Å². The van der Waals surface area contributed by atoms with Gasteiger partial charge in [0.15, 0.2) is 11.9 Å². The zero-order valence-corrected chi connectivity index (χ0v) is 58.1. The van der Waals surface area contributed by atoms with E-state index < -0.39 is 125 Å². The van der Waals surface area contributed by atoms with Crippen molar-refractivity contribution in [3.63, 3.8) is 0 Å². The molecule has 544 valence electrons. The van der Waals surface area contributed by atoms with Crippen molar-refractivity contribution in [2.75, 3.05) is 72.2 Å². The largest absolute Gasteiger partial charge is 0.480 e. The third kappa shape index (κ3) is 57.7. The van der Waals surface area contributed by atoms with Gasteiger partial charge in [0.1, 0.15) is 37.8 Å². The lowest BCUT2D eigenvalue weighted by Gasteiger charge is -2.21. The van der Waals surface area contributed by atoms with Crippen molar-refractivity contribution in [1.82, 2.24) is 25.8 Å². The molecule has 0 aliphatic heterocycles. The Labute approximate surface area is 564 Å². The van der Waals surface area contributed by atoms with Gasteiger partial charge in [-0.15, -0.1) is 0 Å². The van der Waals surface area contributed by atoms with Gasteiger partial charge in [0, 0.05) is 70.9 Å². The highest BCUT2D eigenvalue weighted by Gasteiger charge is 2.27. The average molecular weight is 1370 g/mol. The van der Waals surface area contributed by atoms with E-state index in [2.05, 4.69) is 54.1 Å². The van der Waals surface area contributed by atoms with Crippen LogP contribution in [0.15, 0.2) is 24.3 Å². The number of allylic oxidation sites excluding steroid dienone is 4. The minimum Gasteiger partial charge on any atom is -0.480 e. The minimum atomic E-state index is -4.74. The molecule has 0 aliphatic rings.